The number of fused-ring (bicyclic) bond motifs is 19. The van der Waals surface area contributed by atoms with Crippen molar-refractivity contribution < 1.29 is 28.4 Å². The second kappa shape index (κ2) is 38.3. The second-order valence-electron chi connectivity index (χ2n) is 32.6. The minimum atomic E-state index is -0.605. The molecular formula is C113H88N14O6. The maximum absolute atomic E-state index is 6.54. The molecule has 0 spiro atoms. The number of benzene rings is 4. The predicted octanol–water partition coefficient (Wildman–Crippen LogP) is 22.5. The summed E-state index contributed by atoms with van der Waals surface area (Å²) in [6.07, 6.45) is 39.8. The molecule has 0 amide bonds. The predicted molar refractivity (Wildman–Crippen MR) is 529 cm³/mol. The van der Waals surface area contributed by atoms with Gasteiger partial charge in [0.1, 0.15) is 0 Å². The fraction of sp³-hybridized carbons (Fsp3) is 0.133. The van der Waals surface area contributed by atoms with Crippen LogP contribution in [0.1, 0.15) is 91.8 Å². The quantitative estimate of drug-likeness (QED) is 0.0291. The van der Waals surface area contributed by atoms with Crippen LogP contribution in [0.4, 0.5) is 0 Å². The molecule has 4 aliphatic heterocycles. The standard InChI is InChI=1S/C113H88N14O6/c1-128-63-65-132-69-67-130-61-47-113(48-62-131-68-70-133-66-64-129-2)87-71-75(5-3-73-7-13-77(14-8-73)105-89-19-23-93(120-89)107(79-35-49-114-50-36-79)97-27-31-101(124-97)111(83-43-57-118-58-44-83)102-32-28-98(125-102)108(80-37-51-115-52-38-80)94-24-20-90(105)121-94)11-17-85(87)86-18-12-76(72-88(86)113)6-4-74-9-15-78(16-10-74)106-91-21-25-95(122-91)109(81-39-53-116-54-40-81)99-29-33-103(126-99)112(84-45-59-119-60-46-84)104-34-30-100(127-104)110(82-41-55-117-56-42-82)96-26-22-92(106)123-96/h7-46,49-60,71-72,120,122,125,127H,47-48,61-70H2,1-2H3. The molecule has 646 valence electrons. The largest absolute Gasteiger partial charge is 0.382 e. The zero-order valence-electron chi connectivity index (χ0n) is 73.1. The van der Waals surface area contributed by atoms with E-state index in [0.29, 0.717) is 78.9 Å². The average molecular weight is 1740 g/mol. The van der Waals surface area contributed by atoms with Crippen molar-refractivity contribution in [2.24, 2.45) is 0 Å². The van der Waals surface area contributed by atoms with E-state index in [1.54, 1.807) is 14.2 Å². The highest BCUT2D eigenvalue weighted by molar-refractivity contribution is 6.03. The summed E-state index contributed by atoms with van der Waals surface area (Å²) in [4.78, 5) is 63.9. The lowest BCUT2D eigenvalue weighted by atomic mass is 9.72. The number of hydrogen-bond acceptors (Lipinski definition) is 16. The van der Waals surface area contributed by atoms with Crippen LogP contribution < -0.4 is 0 Å². The smallest absolute Gasteiger partial charge is 0.0737 e. The third-order valence-electron chi connectivity index (χ3n) is 24.7. The summed E-state index contributed by atoms with van der Waals surface area (Å²) in [7, 11) is 3.35. The number of rotatable bonds is 26. The maximum atomic E-state index is 6.54. The van der Waals surface area contributed by atoms with Crippen molar-refractivity contribution in [2.45, 2.75) is 18.3 Å². The molecule has 1 aliphatic carbocycles. The Kier molecular flexibility index (Phi) is 24.1. The lowest BCUT2D eigenvalue weighted by Gasteiger charge is -2.32. The van der Waals surface area contributed by atoms with Gasteiger partial charge in [0.15, 0.2) is 0 Å². The molecule has 20 heteroatoms. The lowest BCUT2D eigenvalue weighted by molar-refractivity contribution is 0.0145. The number of nitrogens with one attached hydrogen (secondary N) is 4. The molecule has 133 heavy (non-hydrogen) atoms. The molecule has 21 rings (SSSR count). The zero-order valence-corrected chi connectivity index (χ0v) is 73.1. The van der Waals surface area contributed by atoms with Crippen LogP contribution in [0.25, 0.3) is 193 Å². The van der Waals surface area contributed by atoms with Gasteiger partial charge in [-0.3, -0.25) is 29.9 Å². The molecule has 0 fully saturated rings. The van der Waals surface area contributed by atoms with E-state index < -0.39 is 5.41 Å². The van der Waals surface area contributed by atoms with Gasteiger partial charge in [0.05, 0.1) is 98.4 Å². The van der Waals surface area contributed by atoms with Crippen LogP contribution in [0.3, 0.4) is 0 Å². The van der Waals surface area contributed by atoms with Gasteiger partial charge in [0, 0.05) is 218 Å². The van der Waals surface area contributed by atoms with Crippen LogP contribution in [-0.4, -0.2) is 150 Å². The molecule has 16 bridgehead atoms. The third-order valence-corrected chi connectivity index (χ3v) is 24.7. The van der Waals surface area contributed by atoms with E-state index in [2.05, 4.69) is 256 Å². The monoisotopic (exact) mass is 1740 g/mol. The lowest BCUT2D eigenvalue weighted by Crippen LogP contribution is -2.30. The number of hydrogen-bond donors (Lipinski definition) is 4. The first-order valence-corrected chi connectivity index (χ1v) is 44.4. The van der Waals surface area contributed by atoms with Crippen molar-refractivity contribution >= 4 is 92.7 Å². The molecule has 16 aromatic rings. The van der Waals surface area contributed by atoms with E-state index in [0.717, 1.165) is 223 Å². The number of aromatic amines is 4. The maximum Gasteiger partial charge on any atom is 0.0737 e. The van der Waals surface area contributed by atoms with Crippen LogP contribution in [0.2, 0.25) is 0 Å². The molecule has 4 aromatic carbocycles. The molecule has 0 unspecified atom stereocenters. The second-order valence-corrected chi connectivity index (χ2v) is 32.6. The van der Waals surface area contributed by atoms with Crippen LogP contribution >= 0.6 is 0 Å². The van der Waals surface area contributed by atoms with E-state index in [1.807, 2.05) is 147 Å². The molecule has 0 saturated carbocycles. The molecule has 0 atom stereocenters. The Balaban J connectivity index is 0.645. The average Bonchev–Trinajstić information content (AvgIpc) is 1.56. The van der Waals surface area contributed by atoms with E-state index in [-0.39, 0.29) is 0 Å². The summed E-state index contributed by atoms with van der Waals surface area (Å²) in [5.74, 6) is 14.5. The normalized spacial score (nSPS) is 12.5. The first kappa shape index (κ1) is 83.7. The first-order valence-electron chi connectivity index (χ1n) is 44.4. The van der Waals surface area contributed by atoms with Crippen molar-refractivity contribution in [3.8, 4) is 124 Å². The Labute approximate surface area is 768 Å². The molecule has 5 aliphatic rings. The highest BCUT2D eigenvalue weighted by Crippen LogP contribution is 2.54. The SMILES string of the molecule is COCCOCCOCCC1(CCOCCOCCOC)c2cc(C#Cc3ccc(-c4c5nc(c(-c6ccncc6)c6ccc([nH]6)c(-c6ccncc6)c6nc(c(-c7ccncc7)c7ccc4[nH]7)C=C6)C=C5)cc3)ccc2-c2ccc(C#Cc3ccc(-c4c5nc(c(-c6ccncc6)c6ccc([nH]6)c(-c6ccncc6)c6nc(c(-c7ccncc7)c7ccc4[nH]7)C=C6)C=C5)cc3)cc21. The van der Waals surface area contributed by atoms with E-state index in [4.69, 9.17) is 48.4 Å². The van der Waals surface area contributed by atoms with Gasteiger partial charge >= 0.3 is 0 Å². The van der Waals surface area contributed by atoms with E-state index in [9.17, 15) is 0 Å². The first-order chi connectivity index (χ1) is 65.8. The molecule has 4 N–H and O–H groups in total. The van der Waals surface area contributed by atoms with Gasteiger partial charge in [-0.2, -0.15) is 0 Å². The Morgan fingerprint density at radius 3 is 0.662 bits per heavy atom. The molecule has 0 radical (unpaired) electrons. The van der Waals surface area contributed by atoms with E-state index in [1.165, 1.54) is 0 Å². The molecule has 20 nitrogen and oxygen atoms in total. The van der Waals surface area contributed by atoms with Gasteiger partial charge in [-0.05, 0) is 298 Å². The Morgan fingerprint density at radius 2 is 0.429 bits per heavy atom. The summed E-state index contributed by atoms with van der Waals surface area (Å²) >= 11 is 0. The number of methoxy groups -OCH3 is 2. The number of nitrogens with zero attached hydrogens (tertiary/aromatic N) is 10. The van der Waals surface area contributed by atoms with Gasteiger partial charge in [0.2, 0.25) is 0 Å². The Hall–Kier alpha value is -16.1. The highest BCUT2D eigenvalue weighted by atomic mass is 16.5. The fourth-order valence-corrected chi connectivity index (χ4v) is 18.4. The van der Waals surface area contributed by atoms with Crippen molar-refractivity contribution in [1.29, 1.82) is 0 Å². The van der Waals surface area contributed by atoms with Crippen LogP contribution in [0.5, 0.6) is 0 Å². The minimum Gasteiger partial charge on any atom is -0.382 e. The fourth-order valence-electron chi connectivity index (χ4n) is 18.4. The molecule has 16 heterocycles. The van der Waals surface area contributed by atoms with E-state index >= 15 is 0 Å². The van der Waals surface area contributed by atoms with Crippen molar-refractivity contribution in [1.82, 2.24) is 69.8 Å². The van der Waals surface area contributed by atoms with Crippen LogP contribution in [0.15, 0.2) is 281 Å². The minimum absolute atomic E-state index is 0.414. The highest BCUT2D eigenvalue weighted by Gasteiger charge is 2.43. The number of pyridine rings is 6. The topological polar surface area (TPSA) is 247 Å². The summed E-state index contributed by atoms with van der Waals surface area (Å²) in [5, 5.41) is 0. The van der Waals surface area contributed by atoms with Gasteiger partial charge in [-0.25, -0.2) is 19.9 Å². The van der Waals surface area contributed by atoms with Gasteiger partial charge in [-0.15, -0.1) is 0 Å². The number of aromatic nitrogens is 14. The zero-order chi connectivity index (χ0) is 89.2. The Bertz CT molecular complexity index is 7190. The molecular weight excluding hydrogens is 1650 g/mol. The van der Waals surface area contributed by atoms with Crippen LogP contribution in [0, 0.1) is 23.7 Å². The van der Waals surface area contributed by atoms with Crippen LogP contribution in [-0.2, 0) is 33.8 Å². The molecule has 12 aromatic heterocycles. The number of H-pyrrole nitrogens is 4. The van der Waals surface area contributed by atoms with Crippen molar-refractivity contribution in [2.75, 3.05) is 80.3 Å². The summed E-state index contributed by atoms with van der Waals surface area (Å²) in [5.41, 5.74) is 35.8. The number of ether oxygens (including phenoxy) is 6. The molecule has 0 saturated heterocycles. The van der Waals surface area contributed by atoms with Gasteiger partial charge < -0.3 is 48.4 Å². The summed E-state index contributed by atoms with van der Waals surface area (Å²) < 4.78 is 35.5. The Morgan fingerprint density at radius 1 is 0.226 bits per heavy atom. The summed E-state index contributed by atoms with van der Waals surface area (Å²) in [6, 6.07) is 71.5. The van der Waals surface area contributed by atoms with Crippen molar-refractivity contribution in [3.05, 3.63) is 360 Å². The van der Waals surface area contributed by atoms with Crippen molar-refractivity contribution in [3.63, 3.8) is 0 Å². The van der Waals surface area contributed by atoms with Gasteiger partial charge in [0.25, 0.3) is 0 Å². The van der Waals surface area contributed by atoms with Gasteiger partial charge in [-0.1, -0.05) is 60.1 Å². The third kappa shape index (κ3) is 17.4. The summed E-state index contributed by atoms with van der Waals surface area (Å²) in [6.45, 7) is 4.52.